The number of primary sulfonamides is 1. The minimum Gasteiger partial charge on any atom is -0.300 e. The Morgan fingerprint density at radius 2 is 1.70 bits per heavy atom. The maximum Gasteiger partial charge on any atom is 0.299 e. The van der Waals surface area contributed by atoms with E-state index < -0.39 is 21.7 Å². The molecule has 0 spiro atoms. The fraction of sp³-hybridized carbons (Fsp3) is 0.0667. The van der Waals surface area contributed by atoms with E-state index in [1.807, 2.05) is 0 Å². The van der Waals surface area contributed by atoms with Crippen molar-refractivity contribution in [2.45, 2.75) is 11.4 Å². The van der Waals surface area contributed by atoms with Gasteiger partial charge in [0.05, 0.1) is 22.7 Å². The average Bonchev–Trinajstić information content (AvgIpc) is 2.73. The van der Waals surface area contributed by atoms with Crippen molar-refractivity contribution in [2.75, 3.05) is 4.90 Å². The monoisotopic (exact) mass is 350 g/mol. The standard InChI is InChI=1S/C15H11ClN2O4S/c16-10-3-1-9(2-4-10)8-18-13-6-5-11(23(17,21)22)7-12(13)14(19)15(18)20/h1-7H,8H2,(H2,17,21,22). The van der Waals surface area contributed by atoms with Crippen LogP contribution in [0.25, 0.3) is 0 Å². The van der Waals surface area contributed by atoms with Crippen LogP contribution in [0.4, 0.5) is 5.69 Å². The minimum atomic E-state index is -3.94. The second kappa shape index (κ2) is 5.45. The third kappa shape index (κ3) is 2.86. The molecule has 1 heterocycles. The second-order valence-electron chi connectivity index (χ2n) is 5.07. The number of nitrogens with two attached hydrogens (primary N) is 1. The van der Waals surface area contributed by atoms with Gasteiger partial charge in [-0.3, -0.25) is 9.59 Å². The van der Waals surface area contributed by atoms with Crippen molar-refractivity contribution in [1.29, 1.82) is 0 Å². The second-order valence-corrected chi connectivity index (χ2v) is 7.07. The lowest BCUT2D eigenvalue weighted by Crippen LogP contribution is -2.29. The lowest BCUT2D eigenvalue weighted by molar-refractivity contribution is -0.114. The number of nitrogens with zero attached hydrogens (tertiary/aromatic N) is 1. The summed E-state index contributed by atoms with van der Waals surface area (Å²) in [6, 6.07) is 10.7. The number of fused-ring (bicyclic) bond motifs is 1. The molecule has 2 N–H and O–H groups in total. The largest absolute Gasteiger partial charge is 0.300 e. The Labute approximate surface area is 137 Å². The smallest absolute Gasteiger partial charge is 0.299 e. The summed E-state index contributed by atoms with van der Waals surface area (Å²) < 4.78 is 22.8. The van der Waals surface area contributed by atoms with Gasteiger partial charge in [-0.2, -0.15) is 0 Å². The van der Waals surface area contributed by atoms with E-state index in [9.17, 15) is 18.0 Å². The predicted molar refractivity (Wildman–Crippen MR) is 84.8 cm³/mol. The summed E-state index contributed by atoms with van der Waals surface area (Å²) in [6.07, 6.45) is 0. The first kappa shape index (κ1) is 15.7. The molecule has 8 heteroatoms. The van der Waals surface area contributed by atoms with Gasteiger partial charge in [0.25, 0.3) is 11.7 Å². The van der Waals surface area contributed by atoms with Crippen molar-refractivity contribution in [2.24, 2.45) is 5.14 Å². The number of rotatable bonds is 3. The zero-order valence-corrected chi connectivity index (χ0v) is 13.3. The van der Waals surface area contributed by atoms with E-state index >= 15 is 0 Å². The quantitative estimate of drug-likeness (QED) is 0.852. The lowest BCUT2D eigenvalue weighted by atomic mass is 10.1. The summed E-state index contributed by atoms with van der Waals surface area (Å²) in [6.45, 7) is 0.184. The number of benzene rings is 2. The molecule has 1 aliphatic heterocycles. The molecule has 0 atom stereocenters. The molecule has 2 aromatic rings. The van der Waals surface area contributed by atoms with Crippen molar-refractivity contribution in [1.82, 2.24) is 0 Å². The molecule has 0 saturated heterocycles. The summed E-state index contributed by atoms with van der Waals surface area (Å²) in [7, 11) is -3.94. The molecule has 6 nitrogen and oxygen atoms in total. The fourth-order valence-corrected chi connectivity index (χ4v) is 3.05. The first-order chi connectivity index (χ1) is 10.8. The Hall–Kier alpha value is -2.22. The predicted octanol–water partition coefficient (Wildman–Crippen LogP) is 1.72. The Kier molecular flexibility index (Phi) is 3.71. The molecule has 3 rings (SSSR count). The maximum atomic E-state index is 12.2. The first-order valence-electron chi connectivity index (χ1n) is 6.55. The zero-order chi connectivity index (χ0) is 16.8. The van der Waals surface area contributed by atoms with Crippen molar-refractivity contribution in [3.8, 4) is 0 Å². The van der Waals surface area contributed by atoms with E-state index in [1.54, 1.807) is 24.3 Å². The van der Waals surface area contributed by atoms with Crippen LogP contribution < -0.4 is 10.0 Å². The molecular formula is C15H11ClN2O4S. The molecule has 0 aliphatic carbocycles. The molecule has 0 radical (unpaired) electrons. The molecule has 2 aromatic carbocycles. The van der Waals surface area contributed by atoms with Gasteiger partial charge in [-0.15, -0.1) is 0 Å². The topological polar surface area (TPSA) is 97.5 Å². The summed E-state index contributed by atoms with van der Waals surface area (Å²) in [5.74, 6) is -1.46. The van der Waals surface area contributed by atoms with Crippen LogP contribution in [0.3, 0.4) is 0 Å². The van der Waals surface area contributed by atoms with E-state index in [2.05, 4.69) is 0 Å². The van der Waals surface area contributed by atoms with Crippen molar-refractivity contribution < 1.29 is 18.0 Å². The molecule has 0 aromatic heterocycles. The zero-order valence-electron chi connectivity index (χ0n) is 11.7. The molecule has 0 fully saturated rings. The van der Waals surface area contributed by atoms with Crippen LogP contribution in [0.5, 0.6) is 0 Å². The normalized spacial score (nSPS) is 14.3. The molecular weight excluding hydrogens is 340 g/mol. The number of sulfonamides is 1. The summed E-state index contributed by atoms with van der Waals surface area (Å²) in [5, 5.41) is 5.62. The molecule has 118 valence electrons. The fourth-order valence-electron chi connectivity index (χ4n) is 2.39. The van der Waals surface area contributed by atoms with E-state index in [1.165, 1.54) is 17.0 Å². The van der Waals surface area contributed by atoms with E-state index in [-0.39, 0.29) is 17.0 Å². The number of Topliss-reactive ketones (excluding diaryl/α,β-unsaturated/α-hetero) is 1. The van der Waals surface area contributed by atoms with Crippen LogP contribution in [0.15, 0.2) is 47.4 Å². The number of carbonyl (C=O) groups excluding carboxylic acids is 2. The lowest BCUT2D eigenvalue weighted by Gasteiger charge is -2.16. The molecule has 0 bridgehead atoms. The highest BCUT2D eigenvalue weighted by molar-refractivity contribution is 7.89. The average molecular weight is 351 g/mol. The molecule has 1 amide bonds. The number of amides is 1. The van der Waals surface area contributed by atoms with Crippen LogP contribution in [0.1, 0.15) is 15.9 Å². The van der Waals surface area contributed by atoms with Gasteiger partial charge in [0.2, 0.25) is 10.0 Å². The minimum absolute atomic E-state index is 0.0375. The van der Waals surface area contributed by atoms with Crippen LogP contribution in [0.2, 0.25) is 5.02 Å². The maximum absolute atomic E-state index is 12.2. The van der Waals surface area contributed by atoms with Crippen molar-refractivity contribution >= 4 is 39.0 Å². The van der Waals surface area contributed by atoms with Gasteiger partial charge < -0.3 is 4.90 Å². The Morgan fingerprint density at radius 1 is 1.04 bits per heavy atom. The van der Waals surface area contributed by atoms with Gasteiger partial charge in [-0.25, -0.2) is 13.6 Å². The molecule has 0 unspecified atom stereocenters. The van der Waals surface area contributed by atoms with Gasteiger partial charge in [-0.1, -0.05) is 23.7 Å². The number of halogens is 1. The van der Waals surface area contributed by atoms with E-state index in [0.717, 1.165) is 11.6 Å². The Balaban J connectivity index is 2.01. The third-order valence-electron chi connectivity index (χ3n) is 3.53. The first-order valence-corrected chi connectivity index (χ1v) is 8.47. The van der Waals surface area contributed by atoms with Gasteiger partial charge in [0.15, 0.2) is 0 Å². The third-order valence-corrected chi connectivity index (χ3v) is 4.69. The molecule has 1 aliphatic rings. The van der Waals surface area contributed by atoms with Crippen molar-refractivity contribution in [3.63, 3.8) is 0 Å². The van der Waals surface area contributed by atoms with Gasteiger partial charge >= 0.3 is 0 Å². The molecule has 23 heavy (non-hydrogen) atoms. The van der Waals surface area contributed by atoms with Crippen LogP contribution in [-0.2, 0) is 21.4 Å². The number of hydrogen-bond donors (Lipinski definition) is 1. The van der Waals surface area contributed by atoms with Crippen LogP contribution in [0, 0.1) is 0 Å². The van der Waals surface area contributed by atoms with Gasteiger partial charge in [-0.05, 0) is 35.9 Å². The Morgan fingerprint density at radius 3 is 2.30 bits per heavy atom. The number of hydrogen-bond acceptors (Lipinski definition) is 4. The van der Waals surface area contributed by atoms with Crippen LogP contribution in [-0.4, -0.2) is 20.1 Å². The highest BCUT2D eigenvalue weighted by atomic mass is 35.5. The number of carbonyl (C=O) groups is 2. The summed E-state index contributed by atoms with van der Waals surface area (Å²) in [4.78, 5) is 25.3. The van der Waals surface area contributed by atoms with Crippen LogP contribution >= 0.6 is 11.6 Å². The SMILES string of the molecule is NS(=O)(=O)c1ccc2c(c1)C(=O)C(=O)N2Cc1ccc(Cl)cc1. The number of ketones is 1. The summed E-state index contributed by atoms with van der Waals surface area (Å²) >= 11 is 5.82. The Bertz CT molecular complexity index is 923. The number of anilines is 1. The summed E-state index contributed by atoms with van der Waals surface area (Å²) in [5.41, 5.74) is 1.19. The van der Waals surface area contributed by atoms with Crippen molar-refractivity contribution in [3.05, 3.63) is 58.6 Å². The highest BCUT2D eigenvalue weighted by Gasteiger charge is 2.36. The van der Waals surface area contributed by atoms with Gasteiger partial charge in [0.1, 0.15) is 0 Å². The van der Waals surface area contributed by atoms with E-state index in [4.69, 9.17) is 16.7 Å². The highest BCUT2D eigenvalue weighted by Crippen LogP contribution is 2.32. The van der Waals surface area contributed by atoms with Gasteiger partial charge in [0, 0.05) is 5.02 Å². The van der Waals surface area contributed by atoms with E-state index in [0.29, 0.717) is 10.7 Å². The molecule has 0 saturated carbocycles.